The highest BCUT2D eigenvalue weighted by molar-refractivity contribution is 9.10. The standard InChI is InChI=1S/C13H13BrClNO/c1-8(2)5-9(7-16)13(17)11-6-10(15)3-4-12(11)14/h3-4,6,8-9H,5H2,1-2H3. The predicted octanol–water partition coefficient (Wildman–Crippen LogP) is 4.47. The Labute approximate surface area is 115 Å². The van der Waals surface area contributed by atoms with Gasteiger partial charge in [-0.1, -0.05) is 41.4 Å². The van der Waals surface area contributed by atoms with E-state index in [0.717, 1.165) is 0 Å². The van der Waals surface area contributed by atoms with E-state index in [0.29, 0.717) is 27.4 Å². The van der Waals surface area contributed by atoms with Crippen molar-refractivity contribution in [2.45, 2.75) is 20.3 Å². The summed E-state index contributed by atoms with van der Waals surface area (Å²) in [5.74, 6) is -0.470. The second-order valence-corrected chi connectivity index (χ2v) is 5.59. The fourth-order valence-electron chi connectivity index (χ4n) is 1.56. The van der Waals surface area contributed by atoms with Crippen LogP contribution in [0.2, 0.25) is 5.02 Å². The SMILES string of the molecule is CC(C)CC(C#N)C(=O)c1cc(Cl)ccc1Br. The first-order chi connectivity index (χ1) is 7.95. The van der Waals surface area contributed by atoms with E-state index in [1.165, 1.54) is 0 Å². The van der Waals surface area contributed by atoms with Crippen molar-refractivity contribution in [2.24, 2.45) is 11.8 Å². The number of carbonyl (C=O) groups excluding carboxylic acids is 1. The summed E-state index contributed by atoms with van der Waals surface area (Å²) < 4.78 is 0.677. The summed E-state index contributed by atoms with van der Waals surface area (Å²) in [5, 5.41) is 9.55. The van der Waals surface area contributed by atoms with Crippen LogP contribution in [0.3, 0.4) is 0 Å². The topological polar surface area (TPSA) is 40.9 Å². The minimum atomic E-state index is -0.607. The first-order valence-corrected chi connectivity index (χ1v) is 6.51. The third-order valence-electron chi connectivity index (χ3n) is 2.37. The molecule has 2 nitrogen and oxygen atoms in total. The Kier molecular flexibility index (Phi) is 5.17. The van der Waals surface area contributed by atoms with E-state index < -0.39 is 5.92 Å². The van der Waals surface area contributed by atoms with Crippen molar-refractivity contribution in [3.63, 3.8) is 0 Å². The van der Waals surface area contributed by atoms with Gasteiger partial charge in [-0.3, -0.25) is 4.79 Å². The molecule has 0 aromatic heterocycles. The molecule has 1 rings (SSSR count). The van der Waals surface area contributed by atoms with Gasteiger partial charge in [0.25, 0.3) is 0 Å². The number of halogens is 2. The zero-order valence-corrected chi connectivity index (χ0v) is 12.0. The van der Waals surface area contributed by atoms with Gasteiger partial charge in [-0.05, 0) is 30.5 Å². The van der Waals surface area contributed by atoms with Crippen LogP contribution in [0.25, 0.3) is 0 Å². The molecule has 0 N–H and O–H groups in total. The van der Waals surface area contributed by atoms with E-state index in [9.17, 15) is 4.79 Å². The van der Waals surface area contributed by atoms with Crippen LogP contribution in [0.5, 0.6) is 0 Å². The van der Waals surface area contributed by atoms with Gasteiger partial charge >= 0.3 is 0 Å². The lowest BCUT2D eigenvalue weighted by molar-refractivity contribution is 0.0936. The summed E-state index contributed by atoms with van der Waals surface area (Å²) in [7, 11) is 0. The molecule has 90 valence electrons. The zero-order valence-electron chi connectivity index (χ0n) is 9.71. The Morgan fingerprint density at radius 1 is 1.53 bits per heavy atom. The Morgan fingerprint density at radius 2 is 2.18 bits per heavy atom. The molecule has 0 radical (unpaired) electrons. The Bertz CT molecular complexity index is 465. The van der Waals surface area contributed by atoms with Crippen molar-refractivity contribution in [3.8, 4) is 6.07 Å². The molecule has 0 aliphatic heterocycles. The number of rotatable bonds is 4. The van der Waals surface area contributed by atoms with Crippen LogP contribution in [-0.2, 0) is 0 Å². The summed E-state index contributed by atoms with van der Waals surface area (Å²) in [6.07, 6.45) is 0.564. The summed E-state index contributed by atoms with van der Waals surface area (Å²) in [5.41, 5.74) is 0.477. The minimum absolute atomic E-state index is 0.171. The molecule has 1 unspecified atom stereocenters. The van der Waals surface area contributed by atoms with Gasteiger partial charge in [0, 0.05) is 15.1 Å². The van der Waals surface area contributed by atoms with Crippen molar-refractivity contribution in [1.29, 1.82) is 5.26 Å². The van der Waals surface area contributed by atoms with Gasteiger partial charge < -0.3 is 0 Å². The van der Waals surface area contributed by atoms with Crippen molar-refractivity contribution in [2.75, 3.05) is 0 Å². The molecule has 17 heavy (non-hydrogen) atoms. The Hall–Kier alpha value is -0.850. The van der Waals surface area contributed by atoms with E-state index in [-0.39, 0.29) is 5.78 Å². The van der Waals surface area contributed by atoms with Gasteiger partial charge in [0.1, 0.15) is 5.92 Å². The fraction of sp³-hybridized carbons (Fsp3) is 0.385. The number of hydrogen-bond donors (Lipinski definition) is 0. The molecule has 1 aromatic rings. The average molecular weight is 315 g/mol. The maximum atomic E-state index is 12.2. The monoisotopic (exact) mass is 313 g/mol. The van der Waals surface area contributed by atoms with Crippen LogP contribution in [0, 0.1) is 23.2 Å². The molecular weight excluding hydrogens is 302 g/mol. The van der Waals surface area contributed by atoms with Gasteiger partial charge in [0.2, 0.25) is 0 Å². The normalized spacial score (nSPS) is 12.2. The number of nitriles is 1. The highest BCUT2D eigenvalue weighted by atomic mass is 79.9. The summed E-state index contributed by atoms with van der Waals surface area (Å²) >= 11 is 9.16. The third kappa shape index (κ3) is 3.83. The molecule has 4 heteroatoms. The maximum Gasteiger partial charge on any atom is 0.181 e. The van der Waals surface area contributed by atoms with Crippen molar-refractivity contribution >= 4 is 33.3 Å². The van der Waals surface area contributed by atoms with Gasteiger partial charge in [0.05, 0.1) is 6.07 Å². The number of carbonyl (C=O) groups is 1. The molecule has 0 spiro atoms. The number of nitrogens with zero attached hydrogens (tertiary/aromatic N) is 1. The van der Waals surface area contributed by atoms with Gasteiger partial charge in [-0.25, -0.2) is 0 Å². The van der Waals surface area contributed by atoms with Crippen LogP contribution in [0.1, 0.15) is 30.6 Å². The number of Topliss-reactive ketones (excluding diaryl/α,β-unsaturated/α-hetero) is 1. The first kappa shape index (κ1) is 14.2. The van der Waals surface area contributed by atoms with Crippen LogP contribution in [0.4, 0.5) is 0 Å². The average Bonchev–Trinajstić information content (AvgIpc) is 2.28. The highest BCUT2D eigenvalue weighted by Crippen LogP contribution is 2.25. The summed E-state index contributed by atoms with van der Waals surface area (Å²) in [6.45, 7) is 3.98. The lowest BCUT2D eigenvalue weighted by Crippen LogP contribution is -2.15. The zero-order chi connectivity index (χ0) is 13.0. The Balaban J connectivity index is 3.02. The number of hydrogen-bond acceptors (Lipinski definition) is 2. The minimum Gasteiger partial charge on any atom is -0.293 e. The van der Waals surface area contributed by atoms with E-state index >= 15 is 0 Å². The van der Waals surface area contributed by atoms with E-state index in [1.54, 1.807) is 18.2 Å². The van der Waals surface area contributed by atoms with Gasteiger partial charge in [-0.15, -0.1) is 0 Å². The summed E-state index contributed by atoms with van der Waals surface area (Å²) in [4.78, 5) is 12.2. The molecular formula is C13H13BrClNO. The van der Waals surface area contributed by atoms with Crippen molar-refractivity contribution in [3.05, 3.63) is 33.3 Å². The molecule has 0 saturated carbocycles. The summed E-state index contributed by atoms with van der Waals surface area (Å²) in [6, 6.07) is 7.08. The molecule has 0 saturated heterocycles. The lowest BCUT2D eigenvalue weighted by Gasteiger charge is -2.11. The number of benzene rings is 1. The van der Waals surface area contributed by atoms with Crippen molar-refractivity contribution in [1.82, 2.24) is 0 Å². The van der Waals surface area contributed by atoms with E-state index in [1.807, 2.05) is 13.8 Å². The highest BCUT2D eigenvalue weighted by Gasteiger charge is 2.22. The van der Waals surface area contributed by atoms with Crippen LogP contribution in [-0.4, -0.2) is 5.78 Å². The van der Waals surface area contributed by atoms with Crippen LogP contribution < -0.4 is 0 Å². The lowest BCUT2D eigenvalue weighted by atomic mass is 9.91. The molecule has 0 fully saturated rings. The number of ketones is 1. The van der Waals surface area contributed by atoms with Crippen LogP contribution >= 0.6 is 27.5 Å². The molecule has 0 aliphatic rings. The Morgan fingerprint density at radius 3 is 2.71 bits per heavy atom. The predicted molar refractivity (Wildman–Crippen MR) is 72.0 cm³/mol. The molecule has 1 aromatic carbocycles. The molecule has 0 bridgehead atoms. The maximum absolute atomic E-state index is 12.2. The second kappa shape index (κ2) is 6.18. The van der Waals surface area contributed by atoms with E-state index in [4.69, 9.17) is 16.9 Å². The molecule has 1 atom stereocenters. The third-order valence-corrected chi connectivity index (χ3v) is 3.30. The van der Waals surface area contributed by atoms with E-state index in [2.05, 4.69) is 22.0 Å². The largest absolute Gasteiger partial charge is 0.293 e. The van der Waals surface area contributed by atoms with Crippen LogP contribution in [0.15, 0.2) is 22.7 Å². The van der Waals surface area contributed by atoms with Crippen molar-refractivity contribution < 1.29 is 4.79 Å². The smallest absolute Gasteiger partial charge is 0.181 e. The first-order valence-electron chi connectivity index (χ1n) is 5.34. The molecule has 0 heterocycles. The van der Waals surface area contributed by atoms with Gasteiger partial charge in [-0.2, -0.15) is 5.26 Å². The second-order valence-electron chi connectivity index (χ2n) is 4.30. The fourth-order valence-corrected chi connectivity index (χ4v) is 2.18. The molecule has 0 amide bonds. The molecule has 0 aliphatic carbocycles. The quantitative estimate of drug-likeness (QED) is 0.769. The van der Waals surface area contributed by atoms with Gasteiger partial charge in [0.15, 0.2) is 5.78 Å².